The zero-order valence-electron chi connectivity index (χ0n) is 18.5. The van der Waals surface area contributed by atoms with E-state index < -0.39 is 45.8 Å². The van der Waals surface area contributed by atoms with Crippen LogP contribution in [0.1, 0.15) is 18.4 Å². The number of rotatable bonds is 5. The van der Waals surface area contributed by atoms with Gasteiger partial charge < -0.3 is 12.4 Å². The maximum absolute atomic E-state index is 14.0. The molecule has 1 aromatic carbocycles. The van der Waals surface area contributed by atoms with Crippen molar-refractivity contribution in [3.63, 3.8) is 0 Å². The number of benzene rings is 1. The summed E-state index contributed by atoms with van der Waals surface area (Å²) in [6.45, 7) is 13.9. The van der Waals surface area contributed by atoms with Crippen molar-refractivity contribution in [3.05, 3.63) is 72.3 Å². The van der Waals surface area contributed by atoms with Gasteiger partial charge in [0.05, 0.1) is 0 Å². The zero-order chi connectivity index (χ0) is 21.6. The Morgan fingerprint density at radius 3 is 1.60 bits per heavy atom. The normalized spacial score (nSPS) is 17.1. The van der Waals surface area contributed by atoms with E-state index >= 15 is 0 Å². The van der Waals surface area contributed by atoms with Crippen molar-refractivity contribution in [2.24, 2.45) is 0 Å². The second kappa shape index (κ2) is 9.11. The first-order valence-electron chi connectivity index (χ1n) is 10.2. The Morgan fingerprint density at radius 1 is 0.767 bits per heavy atom. The Bertz CT molecular complexity index is 881. The molecule has 1 aromatic rings. The van der Waals surface area contributed by atoms with Crippen molar-refractivity contribution in [1.82, 2.24) is 0 Å². The molecule has 0 N–H and O–H groups in total. The zero-order valence-corrected chi connectivity index (χ0v) is 22.9. The summed E-state index contributed by atoms with van der Waals surface area (Å²) in [6.07, 6.45) is 6.15. The second-order valence-electron chi connectivity index (χ2n) is 9.92. The second-order valence-corrected chi connectivity index (χ2v) is 23.9. The van der Waals surface area contributed by atoms with E-state index in [1.165, 1.54) is 30.3 Å². The number of alkyl halides is 3. The third kappa shape index (κ3) is 5.24. The summed E-state index contributed by atoms with van der Waals surface area (Å²) in [6, 6.07) is 6.39. The molecule has 0 radical (unpaired) electrons. The van der Waals surface area contributed by atoms with Crippen LogP contribution in [0.5, 0.6) is 0 Å². The fraction of sp³-hybridized carbons (Fsp3) is 0.391. The van der Waals surface area contributed by atoms with Crippen LogP contribution in [-0.4, -0.2) is 16.1 Å². The third-order valence-corrected chi connectivity index (χ3v) is 15.4. The minimum atomic E-state index is -4.31. The molecule has 0 amide bonds. The fourth-order valence-corrected chi connectivity index (χ4v) is 17.0. The van der Waals surface area contributed by atoms with Gasteiger partial charge in [-0.3, -0.25) is 0 Å². The largest absolute Gasteiger partial charge is 1.00 e. The molecule has 0 fully saturated rings. The fourth-order valence-electron chi connectivity index (χ4n) is 4.34. The molecule has 0 nitrogen and oxygen atoms in total. The van der Waals surface area contributed by atoms with E-state index in [2.05, 4.69) is 63.6 Å². The summed E-state index contributed by atoms with van der Waals surface area (Å²) in [7, 11) is -3.29. The first-order valence-corrected chi connectivity index (χ1v) is 19.5. The van der Waals surface area contributed by atoms with Gasteiger partial charge in [-0.05, 0) is 0 Å². The van der Waals surface area contributed by atoms with Gasteiger partial charge in [0.2, 0.25) is 0 Å². The Labute approximate surface area is 193 Å². The van der Waals surface area contributed by atoms with Gasteiger partial charge >= 0.3 is 182 Å². The summed E-state index contributed by atoms with van der Waals surface area (Å²) in [5.74, 6) is 0. The molecular formula is C23H30ClF3Si2Ti. The van der Waals surface area contributed by atoms with Crippen LogP contribution < -0.4 is 16.3 Å². The summed E-state index contributed by atoms with van der Waals surface area (Å²) in [5, 5.41) is 2.78. The van der Waals surface area contributed by atoms with Crippen molar-refractivity contribution in [3.8, 4) is 0 Å². The van der Waals surface area contributed by atoms with E-state index in [0.29, 0.717) is 3.87 Å². The van der Waals surface area contributed by atoms with Crippen LogP contribution in [0.4, 0.5) is 13.2 Å². The predicted molar refractivity (Wildman–Crippen MR) is 119 cm³/mol. The van der Waals surface area contributed by atoms with Crippen LogP contribution in [0.25, 0.3) is 0 Å². The van der Waals surface area contributed by atoms with E-state index in [1.807, 2.05) is 0 Å². The van der Waals surface area contributed by atoms with Crippen LogP contribution in [0.2, 0.25) is 39.3 Å². The maximum atomic E-state index is 14.0. The minimum Gasteiger partial charge on any atom is -1.00 e. The smallest absolute Gasteiger partial charge is 1.00 e. The van der Waals surface area contributed by atoms with Gasteiger partial charge in [0.1, 0.15) is 0 Å². The van der Waals surface area contributed by atoms with Crippen LogP contribution in [0.15, 0.2) is 66.7 Å². The molecule has 0 aromatic heterocycles. The van der Waals surface area contributed by atoms with E-state index in [-0.39, 0.29) is 12.4 Å². The SMILES string of the molecule is C[Si](C)(C)C1=[C]([Ti+]([C]2=C([Si](C)(C)C)C=CC2)[c]2ccccc2C(F)(F)F)CC=C1.[Cl-]. The number of halogens is 4. The van der Waals surface area contributed by atoms with Gasteiger partial charge in [-0.2, -0.15) is 0 Å². The number of hydrogen-bond acceptors (Lipinski definition) is 0. The molecular weight excluding hydrogens is 473 g/mol. The van der Waals surface area contributed by atoms with Crippen LogP contribution in [-0.2, 0) is 24.0 Å². The average Bonchev–Trinajstić information content (AvgIpc) is 3.23. The van der Waals surface area contributed by atoms with E-state index in [4.69, 9.17) is 0 Å². The van der Waals surface area contributed by atoms with Gasteiger partial charge in [0, 0.05) is 0 Å². The Morgan fingerprint density at radius 2 is 1.20 bits per heavy atom. The van der Waals surface area contributed by atoms with Gasteiger partial charge in [-0.25, -0.2) is 0 Å². The Kier molecular flexibility index (Phi) is 7.79. The molecule has 0 unspecified atom stereocenters. The minimum absolute atomic E-state index is 0. The van der Waals surface area contributed by atoms with Crippen molar-refractivity contribution in [1.29, 1.82) is 0 Å². The standard InChI is InChI=1S/2C8H13Si.C7H4F3.ClH.Ti/c2*1-9(2,3)8-6-4-5-7-8;8-7(9,10)6-4-2-1-3-5-6;;/h2*4,6H,5H2,1-3H3;1-4H;1H;/q;;;;+1/p-1. The molecule has 3 rings (SSSR count). The number of allylic oxidation sites excluding steroid dienone is 8. The molecule has 2 aliphatic carbocycles. The molecule has 0 atom stereocenters. The third-order valence-electron chi connectivity index (χ3n) is 5.58. The first kappa shape index (κ1) is 25.7. The molecule has 0 aliphatic heterocycles. The summed E-state index contributed by atoms with van der Waals surface area (Å²) >= 11 is -2.54. The van der Waals surface area contributed by atoms with Crippen molar-refractivity contribution < 1.29 is 43.4 Å². The van der Waals surface area contributed by atoms with Crippen molar-refractivity contribution >= 4 is 20.0 Å². The van der Waals surface area contributed by atoms with Crippen molar-refractivity contribution in [2.45, 2.75) is 58.3 Å². The Balaban J connectivity index is 0.00000320. The molecule has 30 heavy (non-hydrogen) atoms. The van der Waals surface area contributed by atoms with Crippen LogP contribution >= 0.6 is 0 Å². The average molecular weight is 503 g/mol. The number of hydrogen-bond donors (Lipinski definition) is 0. The predicted octanol–water partition coefficient (Wildman–Crippen LogP) is 4.14. The van der Waals surface area contributed by atoms with Gasteiger partial charge in [-0.1, -0.05) is 0 Å². The first-order chi connectivity index (χ1) is 13.3. The maximum Gasteiger partial charge on any atom is -1.00 e. The topological polar surface area (TPSA) is 0 Å². The Hall–Kier alpha value is -0.592. The van der Waals surface area contributed by atoms with Gasteiger partial charge in [0.15, 0.2) is 0 Å². The molecule has 0 bridgehead atoms. The molecule has 7 heteroatoms. The molecule has 162 valence electrons. The summed E-state index contributed by atoms with van der Waals surface area (Å²) < 4.78 is 45.4. The van der Waals surface area contributed by atoms with Gasteiger partial charge in [0.25, 0.3) is 0 Å². The van der Waals surface area contributed by atoms with Crippen molar-refractivity contribution in [2.75, 3.05) is 0 Å². The quantitative estimate of drug-likeness (QED) is 0.531. The summed E-state index contributed by atoms with van der Waals surface area (Å²) in [4.78, 5) is 0. The molecule has 2 aliphatic rings. The van der Waals surface area contributed by atoms with E-state index in [1.54, 1.807) is 12.1 Å². The van der Waals surface area contributed by atoms with E-state index in [0.717, 1.165) is 12.8 Å². The monoisotopic (exact) mass is 502 g/mol. The molecule has 0 spiro atoms. The molecule has 0 saturated heterocycles. The van der Waals surface area contributed by atoms with Crippen LogP contribution in [0.3, 0.4) is 0 Å². The molecule has 0 saturated carbocycles. The molecule has 0 heterocycles. The summed E-state index contributed by atoms with van der Waals surface area (Å²) in [5.41, 5.74) is -0.418. The van der Waals surface area contributed by atoms with E-state index in [9.17, 15) is 13.2 Å². The van der Waals surface area contributed by atoms with Crippen LogP contribution in [0, 0.1) is 0 Å². The van der Waals surface area contributed by atoms with Gasteiger partial charge in [-0.15, -0.1) is 0 Å².